The number of rotatable bonds is 2. The van der Waals surface area contributed by atoms with Gasteiger partial charge in [-0.1, -0.05) is 0 Å². The molecule has 20 heavy (non-hydrogen) atoms. The lowest BCUT2D eigenvalue weighted by Gasteiger charge is -2.21. The molecule has 0 bridgehead atoms. The van der Waals surface area contributed by atoms with E-state index < -0.39 is 11.8 Å². The second-order valence-corrected chi connectivity index (χ2v) is 5.88. The largest absolute Gasteiger partial charge is 0.350 e. The van der Waals surface area contributed by atoms with Gasteiger partial charge in [-0.25, -0.2) is 0 Å². The Morgan fingerprint density at radius 3 is 2.50 bits per heavy atom. The van der Waals surface area contributed by atoms with Crippen molar-refractivity contribution in [2.75, 3.05) is 32.7 Å². The van der Waals surface area contributed by atoms with Crippen molar-refractivity contribution in [2.45, 2.75) is 32.7 Å². The number of nitrogens with zero attached hydrogens (tertiary/aromatic N) is 1. The Labute approximate surface area is 119 Å². The molecule has 0 atom stereocenters. The van der Waals surface area contributed by atoms with E-state index in [1.807, 2.05) is 20.8 Å². The highest BCUT2D eigenvalue weighted by Crippen LogP contribution is 1.98. The summed E-state index contributed by atoms with van der Waals surface area (Å²) < 4.78 is 0. The molecule has 114 valence electrons. The molecule has 0 aromatic rings. The van der Waals surface area contributed by atoms with Crippen LogP contribution in [-0.4, -0.2) is 60.9 Å². The third-order valence-corrected chi connectivity index (χ3v) is 2.75. The average molecular weight is 284 g/mol. The van der Waals surface area contributed by atoms with Gasteiger partial charge >= 0.3 is 11.8 Å². The Morgan fingerprint density at radius 2 is 1.85 bits per heavy atom. The Balaban J connectivity index is 2.38. The highest BCUT2D eigenvalue weighted by molar-refractivity contribution is 6.35. The molecule has 1 saturated heterocycles. The minimum atomic E-state index is -0.726. The minimum Gasteiger partial charge on any atom is -0.350 e. The van der Waals surface area contributed by atoms with Gasteiger partial charge in [-0.3, -0.25) is 14.4 Å². The summed E-state index contributed by atoms with van der Waals surface area (Å²) in [4.78, 5) is 36.7. The predicted octanol–water partition coefficient (Wildman–Crippen LogP) is -1.16. The van der Waals surface area contributed by atoms with Crippen LogP contribution in [0.2, 0.25) is 0 Å². The first-order valence-electron chi connectivity index (χ1n) is 6.88. The molecule has 0 radical (unpaired) electrons. The molecule has 0 saturated carbocycles. The SMILES string of the molecule is CC(C)(C)NC(=O)CNC(=O)C(=O)N1CCCNCC1. The highest BCUT2D eigenvalue weighted by Gasteiger charge is 2.23. The fourth-order valence-electron chi connectivity index (χ4n) is 1.89. The summed E-state index contributed by atoms with van der Waals surface area (Å²) in [7, 11) is 0. The molecule has 1 aliphatic heterocycles. The maximum absolute atomic E-state index is 11.9. The summed E-state index contributed by atoms with van der Waals surface area (Å²) in [6.45, 7) is 7.97. The van der Waals surface area contributed by atoms with E-state index in [0.29, 0.717) is 19.6 Å². The van der Waals surface area contributed by atoms with Gasteiger partial charge in [0.15, 0.2) is 0 Å². The Kier molecular flexibility index (Phi) is 5.94. The van der Waals surface area contributed by atoms with Crippen molar-refractivity contribution in [3.63, 3.8) is 0 Å². The number of amides is 3. The second-order valence-electron chi connectivity index (χ2n) is 5.88. The van der Waals surface area contributed by atoms with E-state index in [0.717, 1.165) is 13.0 Å². The topological polar surface area (TPSA) is 90.5 Å². The Morgan fingerprint density at radius 1 is 1.15 bits per heavy atom. The zero-order valence-corrected chi connectivity index (χ0v) is 12.4. The Hall–Kier alpha value is -1.63. The predicted molar refractivity (Wildman–Crippen MR) is 75.0 cm³/mol. The summed E-state index contributed by atoms with van der Waals surface area (Å²) in [5.74, 6) is -1.61. The monoisotopic (exact) mass is 284 g/mol. The highest BCUT2D eigenvalue weighted by atomic mass is 16.2. The van der Waals surface area contributed by atoms with Crippen LogP contribution in [0.25, 0.3) is 0 Å². The fourth-order valence-corrected chi connectivity index (χ4v) is 1.89. The molecule has 7 nitrogen and oxygen atoms in total. The van der Waals surface area contributed by atoms with Gasteiger partial charge < -0.3 is 20.9 Å². The fraction of sp³-hybridized carbons (Fsp3) is 0.769. The standard InChI is InChI=1S/C13H24N4O3/c1-13(2,3)16-10(18)9-15-11(19)12(20)17-7-4-5-14-6-8-17/h14H,4-9H2,1-3H3,(H,15,19)(H,16,18). The van der Waals surface area contributed by atoms with Crippen molar-refractivity contribution in [3.05, 3.63) is 0 Å². The van der Waals surface area contributed by atoms with Gasteiger partial charge in [0.2, 0.25) is 5.91 Å². The van der Waals surface area contributed by atoms with Crippen LogP contribution in [0, 0.1) is 0 Å². The molecule has 3 amide bonds. The van der Waals surface area contributed by atoms with E-state index >= 15 is 0 Å². The van der Waals surface area contributed by atoms with E-state index in [1.165, 1.54) is 4.90 Å². The molecule has 0 spiro atoms. The molecule has 0 aromatic carbocycles. The summed E-state index contributed by atoms with van der Waals surface area (Å²) in [6.07, 6.45) is 0.823. The number of hydrogen-bond donors (Lipinski definition) is 3. The molecule has 1 heterocycles. The number of carbonyl (C=O) groups excluding carboxylic acids is 3. The van der Waals surface area contributed by atoms with Gasteiger partial charge in [-0.2, -0.15) is 0 Å². The van der Waals surface area contributed by atoms with Crippen LogP contribution in [0.5, 0.6) is 0 Å². The van der Waals surface area contributed by atoms with E-state index in [9.17, 15) is 14.4 Å². The van der Waals surface area contributed by atoms with Crippen molar-refractivity contribution in [2.24, 2.45) is 0 Å². The number of nitrogens with one attached hydrogen (secondary N) is 3. The van der Waals surface area contributed by atoms with Gasteiger partial charge in [0, 0.05) is 25.2 Å². The van der Waals surface area contributed by atoms with Gasteiger partial charge in [-0.05, 0) is 33.7 Å². The van der Waals surface area contributed by atoms with Crippen LogP contribution >= 0.6 is 0 Å². The third kappa shape index (κ3) is 6.01. The zero-order valence-electron chi connectivity index (χ0n) is 12.4. The first-order chi connectivity index (χ1) is 9.29. The van der Waals surface area contributed by atoms with Gasteiger partial charge in [0.25, 0.3) is 0 Å². The quantitative estimate of drug-likeness (QED) is 0.558. The third-order valence-electron chi connectivity index (χ3n) is 2.75. The molecule has 3 N–H and O–H groups in total. The van der Waals surface area contributed by atoms with Crippen LogP contribution in [0.1, 0.15) is 27.2 Å². The van der Waals surface area contributed by atoms with Gasteiger partial charge in [0.1, 0.15) is 0 Å². The molecule has 0 aliphatic carbocycles. The molecular weight excluding hydrogens is 260 g/mol. The molecule has 1 fully saturated rings. The first-order valence-corrected chi connectivity index (χ1v) is 6.88. The molecule has 0 aromatic heterocycles. The molecular formula is C13H24N4O3. The van der Waals surface area contributed by atoms with Crippen LogP contribution in [-0.2, 0) is 14.4 Å². The van der Waals surface area contributed by atoms with Gasteiger partial charge in [-0.15, -0.1) is 0 Å². The molecule has 0 unspecified atom stereocenters. The van der Waals surface area contributed by atoms with Crippen LogP contribution in [0.3, 0.4) is 0 Å². The minimum absolute atomic E-state index is 0.187. The maximum atomic E-state index is 11.9. The normalized spacial score (nSPS) is 16.2. The van der Waals surface area contributed by atoms with E-state index in [1.54, 1.807) is 0 Å². The van der Waals surface area contributed by atoms with E-state index in [2.05, 4.69) is 16.0 Å². The number of hydrogen-bond acceptors (Lipinski definition) is 4. The molecule has 7 heteroatoms. The van der Waals surface area contributed by atoms with E-state index in [-0.39, 0.29) is 18.0 Å². The van der Waals surface area contributed by atoms with Crippen molar-refractivity contribution in [1.29, 1.82) is 0 Å². The maximum Gasteiger partial charge on any atom is 0.311 e. The lowest BCUT2D eigenvalue weighted by atomic mass is 10.1. The van der Waals surface area contributed by atoms with Crippen molar-refractivity contribution < 1.29 is 14.4 Å². The van der Waals surface area contributed by atoms with Crippen LogP contribution < -0.4 is 16.0 Å². The van der Waals surface area contributed by atoms with Crippen molar-refractivity contribution in [3.8, 4) is 0 Å². The van der Waals surface area contributed by atoms with Crippen molar-refractivity contribution >= 4 is 17.7 Å². The average Bonchev–Trinajstić information content (AvgIpc) is 2.61. The number of carbonyl (C=O) groups is 3. The van der Waals surface area contributed by atoms with Crippen LogP contribution in [0.4, 0.5) is 0 Å². The molecule has 1 aliphatic rings. The lowest BCUT2D eigenvalue weighted by Crippen LogP contribution is -2.49. The van der Waals surface area contributed by atoms with E-state index in [4.69, 9.17) is 0 Å². The smallest absolute Gasteiger partial charge is 0.311 e. The Bertz CT molecular complexity index is 368. The second kappa shape index (κ2) is 7.23. The molecule has 1 rings (SSSR count). The zero-order chi connectivity index (χ0) is 15.2. The first kappa shape index (κ1) is 16.4. The van der Waals surface area contributed by atoms with Crippen LogP contribution in [0.15, 0.2) is 0 Å². The summed E-state index contributed by atoms with van der Waals surface area (Å²) in [5.41, 5.74) is -0.359. The summed E-state index contributed by atoms with van der Waals surface area (Å²) in [6, 6.07) is 0. The van der Waals surface area contributed by atoms with Gasteiger partial charge in [0.05, 0.1) is 6.54 Å². The summed E-state index contributed by atoms with van der Waals surface area (Å²) in [5, 5.41) is 8.23. The summed E-state index contributed by atoms with van der Waals surface area (Å²) >= 11 is 0. The van der Waals surface area contributed by atoms with Crippen molar-refractivity contribution in [1.82, 2.24) is 20.9 Å². The lowest BCUT2D eigenvalue weighted by molar-refractivity contribution is -0.146.